The summed E-state index contributed by atoms with van der Waals surface area (Å²) in [6.45, 7) is 1.53. The summed E-state index contributed by atoms with van der Waals surface area (Å²) in [7, 11) is 1.48. The molecule has 5 nitrogen and oxygen atoms in total. The van der Waals surface area contributed by atoms with Crippen molar-refractivity contribution in [1.82, 2.24) is 14.5 Å². The lowest BCUT2D eigenvalue weighted by Crippen LogP contribution is -2.34. The summed E-state index contributed by atoms with van der Waals surface area (Å²) in [6, 6.07) is 10.1. The molecule has 0 aliphatic carbocycles. The average Bonchev–Trinajstić information content (AvgIpc) is 3.01. The number of amides is 1. The third-order valence-corrected chi connectivity index (χ3v) is 4.39. The van der Waals surface area contributed by atoms with Crippen molar-refractivity contribution in [2.45, 2.75) is 19.6 Å². The van der Waals surface area contributed by atoms with E-state index < -0.39 is 30.3 Å². The van der Waals surface area contributed by atoms with Crippen LogP contribution in [0.15, 0.2) is 42.5 Å². The van der Waals surface area contributed by atoms with Crippen LogP contribution in [0.25, 0.3) is 11.0 Å². The molecule has 29 heavy (non-hydrogen) atoms. The van der Waals surface area contributed by atoms with Crippen molar-refractivity contribution in [3.8, 4) is 5.75 Å². The van der Waals surface area contributed by atoms with Gasteiger partial charge in [-0.05, 0) is 48.9 Å². The van der Waals surface area contributed by atoms with Gasteiger partial charge in [-0.2, -0.15) is 13.2 Å². The van der Waals surface area contributed by atoms with Crippen molar-refractivity contribution < 1.29 is 27.1 Å². The van der Waals surface area contributed by atoms with Crippen LogP contribution >= 0.6 is 0 Å². The third kappa shape index (κ3) is 4.85. The molecule has 154 valence electrons. The molecule has 1 aromatic heterocycles. The molecule has 0 N–H and O–H groups in total. The van der Waals surface area contributed by atoms with Crippen LogP contribution in [0, 0.1) is 12.7 Å². The van der Waals surface area contributed by atoms with E-state index >= 15 is 0 Å². The molecule has 0 atom stereocenters. The predicted molar refractivity (Wildman–Crippen MR) is 99.0 cm³/mol. The van der Waals surface area contributed by atoms with Crippen LogP contribution in [-0.2, 0) is 17.5 Å². The van der Waals surface area contributed by atoms with E-state index in [0.29, 0.717) is 5.75 Å². The van der Waals surface area contributed by atoms with Gasteiger partial charge in [0, 0.05) is 7.05 Å². The number of carbonyl (C=O) groups is 1. The van der Waals surface area contributed by atoms with Gasteiger partial charge in [0.25, 0.3) is 0 Å². The standard InChI is InChI=1S/C20H19F4N3O2/c1-13-3-8-16-17(11-13)27(19(25-16)20(22,23)24)12-18(28)26(2)9-10-29-15-6-4-14(21)5-7-15/h3-8,11H,9-10,12H2,1-2H3. The van der Waals surface area contributed by atoms with Crippen molar-refractivity contribution in [2.75, 3.05) is 20.2 Å². The number of alkyl halides is 3. The molecule has 0 saturated carbocycles. The number of imidazole rings is 1. The number of halogens is 4. The van der Waals surface area contributed by atoms with Gasteiger partial charge < -0.3 is 14.2 Å². The van der Waals surface area contributed by atoms with Crippen molar-refractivity contribution in [1.29, 1.82) is 0 Å². The number of aryl methyl sites for hydroxylation is 1. The van der Waals surface area contributed by atoms with E-state index in [1.54, 1.807) is 19.1 Å². The molecular weight excluding hydrogens is 390 g/mol. The average molecular weight is 409 g/mol. The Morgan fingerprint density at radius 1 is 1.17 bits per heavy atom. The number of fused-ring (bicyclic) bond motifs is 1. The highest BCUT2D eigenvalue weighted by Crippen LogP contribution is 2.31. The first-order valence-corrected chi connectivity index (χ1v) is 8.81. The van der Waals surface area contributed by atoms with Crippen LogP contribution in [0.1, 0.15) is 11.4 Å². The Balaban J connectivity index is 1.71. The maximum atomic E-state index is 13.4. The molecule has 0 radical (unpaired) electrons. The minimum Gasteiger partial charge on any atom is -0.492 e. The van der Waals surface area contributed by atoms with Crippen LogP contribution in [0.5, 0.6) is 5.75 Å². The summed E-state index contributed by atoms with van der Waals surface area (Å²) < 4.78 is 59.4. The largest absolute Gasteiger partial charge is 0.492 e. The fourth-order valence-electron chi connectivity index (χ4n) is 2.82. The molecule has 0 fully saturated rings. The zero-order valence-electron chi connectivity index (χ0n) is 15.8. The van der Waals surface area contributed by atoms with E-state index in [4.69, 9.17) is 4.74 Å². The maximum Gasteiger partial charge on any atom is 0.449 e. The van der Waals surface area contributed by atoms with Gasteiger partial charge in [-0.25, -0.2) is 9.37 Å². The van der Waals surface area contributed by atoms with Gasteiger partial charge in [0.1, 0.15) is 24.7 Å². The SMILES string of the molecule is Cc1ccc2nc(C(F)(F)F)n(CC(=O)N(C)CCOc3ccc(F)cc3)c2c1. The number of ether oxygens (including phenoxy) is 1. The van der Waals surface area contributed by atoms with Gasteiger partial charge in [-0.15, -0.1) is 0 Å². The van der Waals surface area contributed by atoms with E-state index in [2.05, 4.69) is 4.98 Å². The minimum absolute atomic E-state index is 0.115. The zero-order chi connectivity index (χ0) is 21.2. The van der Waals surface area contributed by atoms with Gasteiger partial charge in [0.05, 0.1) is 17.6 Å². The molecule has 1 amide bonds. The molecule has 0 aliphatic heterocycles. The Kier molecular flexibility index (Phi) is 5.76. The number of nitrogens with zero attached hydrogens (tertiary/aromatic N) is 3. The summed E-state index contributed by atoms with van der Waals surface area (Å²) in [5.74, 6) is -1.59. The van der Waals surface area contributed by atoms with Crippen LogP contribution in [0.3, 0.4) is 0 Å². The fourth-order valence-corrected chi connectivity index (χ4v) is 2.82. The lowest BCUT2D eigenvalue weighted by atomic mass is 10.2. The highest BCUT2D eigenvalue weighted by molar-refractivity contribution is 5.81. The predicted octanol–water partition coefficient (Wildman–Crippen LogP) is 4.04. The van der Waals surface area contributed by atoms with Crippen molar-refractivity contribution in [3.05, 3.63) is 59.7 Å². The minimum atomic E-state index is -4.68. The highest BCUT2D eigenvalue weighted by Gasteiger charge is 2.38. The fraction of sp³-hybridized carbons (Fsp3) is 0.300. The third-order valence-electron chi connectivity index (χ3n) is 4.39. The molecule has 0 unspecified atom stereocenters. The Bertz CT molecular complexity index is 1010. The number of hydrogen-bond donors (Lipinski definition) is 0. The lowest BCUT2D eigenvalue weighted by Gasteiger charge is -2.19. The first kappa shape index (κ1) is 20.6. The Morgan fingerprint density at radius 3 is 2.52 bits per heavy atom. The second-order valence-electron chi connectivity index (χ2n) is 6.63. The summed E-state index contributed by atoms with van der Waals surface area (Å²) in [5.41, 5.74) is 1.19. The van der Waals surface area contributed by atoms with E-state index in [1.165, 1.54) is 42.3 Å². The summed E-state index contributed by atoms with van der Waals surface area (Å²) >= 11 is 0. The number of aromatic nitrogens is 2. The smallest absolute Gasteiger partial charge is 0.449 e. The summed E-state index contributed by atoms with van der Waals surface area (Å²) in [6.07, 6.45) is -4.68. The number of benzene rings is 2. The Labute approximate surface area is 164 Å². The van der Waals surface area contributed by atoms with E-state index in [-0.39, 0.29) is 24.2 Å². The molecule has 3 rings (SSSR count). The summed E-state index contributed by atoms with van der Waals surface area (Å²) in [5, 5.41) is 0. The normalized spacial score (nSPS) is 11.7. The number of carbonyl (C=O) groups excluding carboxylic acids is 1. The molecule has 3 aromatic rings. The molecular formula is C20H19F4N3O2. The lowest BCUT2D eigenvalue weighted by molar-refractivity contribution is -0.148. The molecule has 0 bridgehead atoms. The maximum absolute atomic E-state index is 13.4. The molecule has 0 saturated heterocycles. The molecule has 9 heteroatoms. The molecule has 0 spiro atoms. The first-order chi connectivity index (χ1) is 13.6. The van der Waals surface area contributed by atoms with Crippen molar-refractivity contribution in [2.24, 2.45) is 0 Å². The molecule has 1 heterocycles. The molecule has 2 aromatic carbocycles. The first-order valence-electron chi connectivity index (χ1n) is 8.81. The monoisotopic (exact) mass is 409 g/mol. The van der Waals surface area contributed by atoms with Gasteiger partial charge in [-0.1, -0.05) is 6.07 Å². The van der Waals surface area contributed by atoms with Gasteiger partial charge in [0.2, 0.25) is 11.7 Å². The van der Waals surface area contributed by atoms with E-state index in [9.17, 15) is 22.4 Å². The highest BCUT2D eigenvalue weighted by atomic mass is 19.4. The zero-order valence-corrected chi connectivity index (χ0v) is 15.8. The van der Waals surface area contributed by atoms with Crippen molar-refractivity contribution >= 4 is 16.9 Å². The quantitative estimate of drug-likeness (QED) is 0.578. The van der Waals surface area contributed by atoms with E-state index in [0.717, 1.165) is 10.1 Å². The molecule has 0 aliphatic rings. The van der Waals surface area contributed by atoms with Crippen LogP contribution < -0.4 is 4.74 Å². The number of hydrogen-bond acceptors (Lipinski definition) is 3. The van der Waals surface area contributed by atoms with Crippen LogP contribution in [-0.4, -0.2) is 40.6 Å². The number of rotatable bonds is 6. The Morgan fingerprint density at radius 2 is 1.86 bits per heavy atom. The van der Waals surface area contributed by atoms with Crippen LogP contribution in [0.4, 0.5) is 17.6 Å². The number of likely N-dealkylation sites (N-methyl/N-ethyl adjacent to an activating group) is 1. The second kappa shape index (κ2) is 8.10. The van der Waals surface area contributed by atoms with E-state index in [1.807, 2.05) is 0 Å². The van der Waals surface area contributed by atoms with Crippen molar-refractivity contribution in [3.63, 3.8) is 0 Å². The van der Waals surface area contributed by atoms with Gasteiger partial charge in [-0.3, -0.25) is 4.79 Å². The van der Waals surface area contributed by atoms with Gasteiger partial charge >= 0.3 is 6.18 Å². The second-order valence-corrected chi connectivity index (χ2v) is 6.63. The Hall–Kier alpha value is -3.10. The van der Waals surface area contributed by atoms with Gasteiger partial charge in [0.15, 0.2) is 0 Å². The summed E-state index contributed by atoms with van der Waals surface area (Å²) in [4.78, 5) is 17.5. The topological polar surface area (TPSA) is 47.4 Å². The van der Waals surface area contributed by atoms with Crippen LogP contribution in [0.2, 0.25) is 0 Å².